The van der Waals surface area contributed by atoms with Gasteiger partial charge in [0.05, 0.1) is 11.3 Å². The van der Waals surface area contributed by atoms with E-state index in [1.807, 2.05) is 31.2 Å². The van der Waals surface area contributed by atoms with Crippen molar-refractivity contribution in [1.82, 2.24) is 5.32 Å². The molecule has 1 N–H and O–H groups in total. The van der Waals surface area contributed by atoms with Gasteiger partial charge in [-0.2, -0.15) is 12.6 Å². The Balaban J connectivity index is 2.65. The number of amides is 1. The lowest BCUT2D eigenvalue weighted by Gasteiger charge is -2.15. The summed E-state index contributed by atoms with van der Waals surface area (Å²) >= 11 is 9.84. The maximum absolute atomic E-state index is 11.4. The fourth-order valence-corrected chi connectivity index (χ4v) is 1.37. The molecule has 0 fully saturated rings. The molecule has 2 nitrogen and oxygen atoms in total. The molecular weight excluding hydrogens is 230 g/mol. The highest BCUT2D eigenvalue weighted by molar-refractivity contribution is 7.81. The van der Waals surface area contributed by atoms with Crippen LogP contribution in [0.1, 0.15) is 25.5 Å². The summed E-state index contributed by atoms with van der Waals surface area (Å²) in [4.78, 5) is 11.4. The predicted molar refractivity (Wildman–Crippen MR) is 66.5 cm³/mol. The van der Waals surface area contributed by atoms with Crippen molar-refractivity contribution in [2.45, 2.75) is 25.1 Å². The molecule has 2 unspecified atom stereocenters. The molecule has 0 spiro atoms. The number of benzene rings is 1. The van der Waals surface area contributed by atoms with Crippen molar-refractivity contribution < 1.29 is 4.79 Å². The van der Waals surface area contributed by atoms with Crippen molar-refractivity contribution in [2.75, 3.05) is 0 Å². The largest absolute Gasteiger partial charge is 0.349 e. The summed E-state index contributed by atoms with van der Waals surface area (Å²) in [6, 6.07) is 7.39. The highest BCUT2D eigenvalue weighted by Gasteiger charge is 2.12. The van der Waals surface area contributed by atoms with Crippen molar-refractivity contribution >= 4 is 30.1 Å². The van der Waals surface area contributed by atoms with E-state index in [0.29, 0.717) is 5.02 Å². The second kappa shape index (κ2) is 5.42. The van der Waals surface area contributed by atoms with Crippen LogP contribution in [0.5, 0.6) is 0 Å². The predicted octanol–water partition coefficient (Wildman–Crippen LogP) is 2.84. The Bertz CT molecular complexity index is 337. The van der Waals surface area contributed by atoms with Gasteiger partial charge in [-0.25, -0.2) is 0 Å². The van der Waals surface area contributed by atoms with Crippen LogP contribution >= 0.6 is 24.2 Å². The SMILES string of the molecule is CC(S)C(=O)NC(C)c1ccc(Cl)cc1. The third kappa shape index (κ3) is 3.76. The average Bonchev–Trinajstić information content (AvgIpc) is 2.18. The number of carbonyl (C=O) groups is 1. The van der Waals surface area contributed by atoms with Crippen LogP contribution in [0.15, 0.2) is 24.3 Å². The highest BCUT2D eigenvalue weighted by atomic mass is 35.5. The summed E-state index contributed by atoms with van der Waals surface area (Å²) < 4.78 is 0. The summed E-state index contributed by atoms with van der Waals surface area (Å²) in [6.45, 7) is 3.67. The quantitative estimate of drug-likeness (QED) is 0.786. The van der Waals surface area contributed by atoms with Gasteiger partial charge in [0.2, 0.25) is 5.91 Å². The van der Waals surface area contributed by atoms with Gasteiger partial charge in [-0.1, -0.05) is 23.7 Å². The minimum absolute atomic E-state index is 0.0237. The van der Waals surface area contributed by atoms with Gasteiger partial charge in [0.15, 0.2) is 0 Å². The van der Waals surface area contributed by atoms with Crippen molar-refractivity contribution in [3.05, 3.63) is 34.9 Å². The molecule has 0 radical (unpaired) electrons. The maximum Gasteiger partial charge on any atom is 0.233 e. The third-order valence-electron chi connectivity index (χ3n) is 2.11. The number of rotatable bonds is 3. The zero-order chi connectivity index (χ0) is 11.4. The summed E-state index contributed by atoms with van der Waals surface area (Å²) in [5, 5.41) is 3.26. The van der Waals surface area contributed by atoms with Crippen LogP contribution in [0.4, 0.5) is 0 Å². The molecule has 0 heterocycles. The van der Waals surface area contributed by atoms with Crippen LogP contribution in [0.3, 0.4) is 0 Å². The van der Waals surface area contributed by atoms with E-state index in [0.717, 1.165) is 5.56 Å². The molecule has 1 aromatic rings. The van der Waals surface area contributed by atoms with E-state index < -0.39 is 0 Å². The molecular formula is C11H14ClNOS. The van der Waals surface area contributed by atoms with Crippen molar-refractivity contribution in [3.8, 4) is 0 Å². The lowest BCUT2D eigenvalue weighted by atomic mass is 10.1. The van der Waals surface area contributed by atoms with Gasteiger partial charge in [0.25, 0.3) is 0 Å². The second-order valence-corrected chi connectivity index (χ2v) is 4.67. The first-order chi connectivity index (χ1) is 7.00. The molecule has 2 atom stereocenters. The van der Waals surface area contributed by atoms with Gasteiger partial charge in [-0.05, 0) is 31.5 Å². The van der Waals surface area contributed by atoms with Crippen LogP contribution in [-0.4, -0.2) is 11.2 Å². The summed E-state index contributed by atoms with van der Waals surface area (Å²) in [5.74, 6) is -0.0687. The van der Waals surface area contributed by atoms with Gasteiger partial charge < -0.3 is 5.32 Å². The molecule has 1 amide bonds. The first-order valence-electron chi connectivity index (χ1n) is 4.74. The van der Waals surface area contributed by atoms with Gasteiger partial charge in [-0.15, -0.1) is 0 Å². The second-order valence-electron chi connectivity index (χ2n) is 3.46. The molecule has 4 heteroatoms. The standard InChI is InChI=1S/C11H14ClNOS/c1-7(13-11(14)8(2)15)9-3-5-10(12)6-4-9/h3-8,15H,1-2H3,(H,13,14). The van der Waals surface area contributed by atoms with Crippen molar-refractivity contribution in [2.24, 2.45) is 0 Å². The number of nitrogens with one attached hydrogen (secondary N) is 1. The summed E-state index contributed by atoms with van der Waals surface area (Å²) in [7, 11) is 0. The highest BCUT2D eigenvalue weighted by Crippen LogP contribution is 2.16. The Morgan fingerprint density at radius 2 is 1.87 bits per heavy atom. The Hall–Kier alpha value is -0.670. The lowest BCUT2D eigenvalue weighted by molar-refractivity contribution is -0.120. The number of halogens is 1. The van der Waals surface area contributed by atoms with E-state index in [9.17, 15) is 4.79 Å². The number of carbonyl (C=O) groups excluding carboxylic acids is 1. The molecule has 0 aliphatic carbocycles. The fourth-order valence-electron chi connectivity index (χ4n) is 1.17. The lowest BCUT2D eigenvalue weighted by Crippen LogP contribution is -2.31. The zero-order valence-electron chi connectivity index (χ0n) is 8.70. The normalized spacial score (nSPS) is 14.4. The van der Waals surface area contributed by atoms with Crippen LogP contribution < -0.4 is 5.32 Å². The Morgan fingerprint density at radius 1 is 1.33 bits per heavy atom. The third-order valence-corrected chi connectivity index (χ3v) is 2.59. The summed E-state index contributed by atoms with van der Waals surface area (Å²) in [6.07, 6.45) is 0. The molecule has 0 aromatic heterocycles. The molecule has 0 saturated carbocycles. The van der Waals surface area contributed by atoms with E-state index >= 15 is 0 Å². The minimum Gasteiger partial charge on any atom is -0.349 e. The number of hydrogen-bond donors (Lipinski definition) is 2. The monoisotopic (exact) mass is 243 g/mol. The van der Waals surface area contributed by atoms with Gasteiger partial charge >= 0.3 is 0 Å². The fraction of sp³-hybridized carbons (Fsp3) is 0.364. The molecule has 0 aliphatic rings. The molecule has 82 valence electrons. The van der Waals surface area contributed by atoms with Crippen LogP contribution in [0, 0.1) is 0 Å². The molecule has 0 saturated heterocycles. The van der Waals surface area contributed by atoms with Crippen LogP contribution in [0.25, 0.3) is 0 Å². The Kier molecular flexibility index (Phi) is 4.48. The zero-order valence-corrected chi connectivity index (χ0v) is 10.3. The van der Waals surface area contributed by atoms with Crippen LogP contribution in [0.2, 0.25) is 5.02 Å². The van der Waals surface area contributed by atoms with E-state index in [1.54, 1.807) is 6.92 Å². The number of hydrogen-bond acceptors (Lipinski definition) is 2. The first-order valence-corrected chi connectivity index (χ1v) is 5.64. The smallest absolute Gasteiger partial charge is 0.233 e. The molecule has 0 aliphatic heterocycles. The van der Waals surface area contributed by atoms with Crippen molar-refractivity contribution in [1.29, 1.82) is 0 Å². The topological polar surface area (TPSA) is 29.1 Å². The molecule has 15 heavy (non-hydrogen) atoms. The average molecular weight is 244 g/mol. The van der Waals surface area contributed by atoms with E-state index in [1.165, 1.54) is 0 Å². The van der Waals surface area contributed by atoms with Crippen LogP contribution in [-0.2, 0) is 4.79 Å². The Morgan fingerprint density at radius 3 is 2.33 bits per heavy atom. The van der Waals surface area contributed by atoms with Gasteiger partial charge in [-0.3, -0.25) is 4.79 Å². The molecule has 0 bridgehead atoms. The summed E-state index contributed by atoms with van der Waals surface area (Å²) in [5.41, 5.74) is 1.03. The minimum atomic E-state index is -0.292. The van der Waals surface area contributed by atoms with Gasteiger partial charge in [0.1, 0.15) is 0 Å². The van der Waals surface area contributed by atoms with E-state index in [2.05, 4.69) is 17.9 Å². The number of thiol groups is 1. The molecule has 1 rings (SSSR count). The molecule has 1 aromatic carbocycles. The Labute approximate surface area is 100 Å². The van der Waals surface area contributed by atoms with E-state index in [4.69, 9.17) is 11.6 Å². The van der Waals surface area contributed by atoms with Crippen molar-refractivity contribution in [3.63, 3.8) is 0 Å². The van der Waals surface area contributed by atoms with Gasteiger partial charge in [0, 0.05) is 5.02 Å². The maximum atomic E-state index is 11.4. The van der Waals surface area contributed by atoms with E-state index in [-0.39, 0.29) is 17.2 Å². The first kappa shape index (κ1) is 12.4.